The molecule has 0 fully saturated rings. The van der Waals surface area contributed by atoms with Gasteiger partial charge in [-0.2, -0.15) is 12.6 Å². The van der Waals surface area contributed by atoms with Crippen molar-refractivity contribution < 1.29 is 19.1 Å². The average molecular weight is 527 g/mol. The maximum atomic E-state index is 13.4. The van der Waals surface area contributed by atoms with Crippen molar-refractivity contribution in [2.45, 2.75) is 31.5 Å². The number of amides is 2. The molecule has 0 aliphatic carbocycles. The summed E-state index contributed by atoms with van der Waals surface area (Å²) in [5.41, 5.74) is 2.18. The summed E-state index contributed by atoms with van der Waals surface area (Å²) in [6.45, 7) is 0.102. The smallest absolute Gasteiger partial charge is 0.329 e. The van der Waals surface area contributed by atoms with Gasteiger partial charge in [0, 0.05) is 12.0 Å². The van der Waals surface area contributed by atoms with Crippen LogP contribution in [0.1, 0.15) is 27.9 Å². The molecule has 2 N–H and O–H groups in total. The summed E-state index contributed by atoms with van der Waals surface area (Å²) in [5.74, 6) is -1.01. The van der Waals surface area contributed by atoms with Crippen LogP contribution >= 0.6 is 12.6 Å². The first-order valence-electron chi connectivity index (χ1n) is 12.5. The SMILES string of the molecule is O=C(N[C@@H](Cc1ccccc1)C(=O)N[C@H](CCS)C(=O)OCc1ccccc1)c1ccc2ccccc2c1. The monoisotopic (exact) mass is 526 g/mol. The van der Waals surface area contributed by atoms with E-state index in [0.717, 1.165) is 21.9 Å². The summed E-state index contributed by atoms with van der Waals surface area (Å²) in [4.78, 5) is 39.5. The fourth-order valence-corrected chi connectivity index (χ4v) is 4.37. The number of hydrogen-bond acceptors (Lipinski definition) is 5. The summed E-state index contributed by atoms with van der Waals surface area (Å²) in [6, 6.07) is 30.1. The second-order valence-corrected chi connectivity index (χ2v) is 9.39. The zero-order valence-electron chi connectivity index (χ0n) is 20.9. The van der Waals surface area contributed by atoms with E-state index in [1.54, 1.807) is 12.1 Å². The van der Waals surface area contributed by atoms with Gasteiger partial charge in [-0.1, -0.05) is 91.0 Å². The van der Waals surface area contributed by atoms with E-state index < -0.39 is 24.0 Å². The highest BCUT2D eigenvalue weighted by molar-refractivity contribution is 7.80. The largest absolute Gasteiger partial charge is 0.459 e. The Hall–Kier alpha value is -4.10. The maximum absolute atomic E-state index is 13.4. The van der Waals surface area contributed by atoms with Crippen LogP contribution in [0.25, 0.3) is 10.8 Å². The molecule has 0 bridgehead atoms. The quantitative estimate of drug-likeness (QED) is 0.195. The number of thiol groups is 1. The van der Waals surface area contributed by atoms with E-state index in [9.17, 15) is 14.4 Å². The maximum Gasteiger partial charge on any atom is 0.329 e. The van der Waals surface area contributed by atoms with Crippen LogP contribution in [0.15, 0.2) is 103 Å². The van der Waals surface area contributed by atoms with Crippen molar-refractivity contribution in [2.24, 2.45) is 0 Å². The number of hydrogen-bond donors (Lipinski definition) is 3. The lowest BCUT2D eigenvalue weighted by molar-refractivity contribution is -0.149. The lowest BCUT2D eigenvalue weighted by Gasteiger charge is -2.23. The molecule has 0 aliphatic heterocycles. The van der Waals surface area contributed by atoms with Crippen molar-refractivity contribution in [1.29, 1.82) is 0 Å². The number of nitrogens with one attached hydrogen (secondary N) is 2. The predicted octanol–water partition coefficient (Wildman–Crippen LogP) is 4.73. The van der Waals surface area contributed by atoms with Crippen LogP contribution in [0.5, 0.6) is 0 Å². The molecule has 0 radical (unpaired) electrons. The van der Waals surface area contributed by atoms with Crippen molar-refractivity contribution in [1.82, 2.24) is 10.6 Å². The number of esters is 1. The van der Waals surface area contributed by atoms with Crippen LogP contribution in [0, 0.1) is 0 Å². The fraction of sp³-hybridized carbons (Fsp3) is 0.194. The highest BCUT2D eigenvalue weighted by Crippen LogP contribution is 2.16. The number of rotatable bonds is 11. The summed E-state index contributed by atoms with van der Waals surface area (Å²) < 4.78 is 5.46. The Labute approximate surface area is 227 Å². The van der Waals surface area contributed by atoms with E-state index in [2.05, 4.69) is 23.3 Å². The second-order valence-electron chi connectivity index (χ2n) is 8.94. The Morgan fingerprint density at radius 2 is 1.34 bits per heavy atom. The highest BCUT2D eigenvalue weighted by atomic mass is 32.1. The minimum absolute atomic E-state index is 0.102. The first kappa shape index (κ1) is 26.9. The van der Waals surface area contributed by atoms with Gasteiger partial charge in [0.25, 0.3) is 5.91 Å². The highest BCUT2D eigenvalue weighted by Gasteiger charge is 2.28. The van der Waals surface area contributed by atoms with Gasteiger partial charge in [-0.25, -0.2) is 4.79 Å². The molecular weight excluding hydrogens is 496 g/mol. The number of fused-ring (bicyclic) bond motifs is 1. The third kappa shape index (κ3) is 7.46. The molecule has 0 saturated carbocycles. The molecule has 4 aromatic rings. The van der Waals surface area contributed by atoms with Gasteiger partial charge in [0.05, 0.1) is 0 Å². The number of carbonyl (C=O) groups is 3. The fourth-order valence-electron chi connectivity index (χ4n) is 4.11. The summed E-state index contributed by atoms with van der Waals surface area (Å²) >= 11 is 4.25. The molecule has 7 heteroatoms. The zero-order valence-corrected chi connectivity index (χ0v) is 21.8. The van der Waals surface area contributed by atoms with Crippen LogP contribution in [-0.2, 0) is 27.4 Å². The molecule has 2 atom stereocenters. The summed E-state index contributed by atoms with van der Waals surface area (Å²) in [7, 11) is 0. The molecule has 0 saturated heterocycles. The van der Waals surface area contributed by atoms with E-state index in [0.29, 0.717) is 17.7 Å². The van der Waals surface area contributed by atoms with Gasteiger partial charge < -0.3 is 15.4 Å². The summed E-state index contributed by atoms with van der Waals surface area (Å²) in [6.07, 6.45) is 0.553. The normalized spacial score (nSPS) is 12.3. The zero-order chi connectivity index (χ0) is 26.7. The molecule has 0 heterocycles. The van der Waals surface area contributed by atoms with Gasteiger partial charge in [0.15, 0.2) is 0 Å². The topological polar surface area (TPSA) is 84.5 Å². The molecule has 194 valence electrons. The van der Waals surface area contributed by atoms with E-state index in [4.69, 9.17) is 4.74 Å². The molecule has 6 nitrogen and oxygen atoms in total. The minimum Gasteiger partial charge on any atom is -0.459 e. The Morgan fingerprint density at radius 3 is 2.03 bits per heavy atom. The van der Waals surface area contributed by atoms with Gasteiger partial charge in [0.2, 0.25) is 5.91 Å². The third-order valence-electron chi connectivity index (χ3n) is 6.16. The van der Waals surface area contributed by atoms with Crippen LogP contribution in [0.4, 0.5) is 0 Å². The van der Waals surface area contributed by atoms with E-state index >= 15 is 0 Å². The molecule has 0 aromatic heterocycles. The van der Waals surface area contributed by atoms with Crippen LogP contribution in [0.2, 0.25) is 0 Å². The number of benzene rings is 4. The standard InChI is InChI=1S/C31H30N2O4S/c34-29(26-16-15-24-13-7-8-14-25(24)20-26)33-28(19-22-9-3-1-4-10-22)30(35)32-27(17-18-38)31(36)37-21-23-11-5-2-6-12-23/h1-16,20,27-28,38H,17-19,21H2,(H,32,35)(H,33,34)/t27-,28+/m1/s1. The lowest BCUT2D eigenvalue weighted by atomic mass is 10.0. The summed E-state index contributed by atoms with van der Waals surface area (Å²) in [5, 5.41) is 7.60. The van der Waals surface area contributed by atoms with Crippen molar-refractivity contribution in [3.05, 3.63) is 120 Å². The molecule has 2 amide bonds. The van der Waals surface area contributed by atoms with Gasteiger partial charge in [-0.05, 0) is 46.2 Å². The Morgan fingerprint density at radius 1 is 0.711 bits per heavy atom. The Bertz CT molecular complexity index is 1380. The van der Waals surface area contributed by atoms with Crippen molar-refractivity contribution in [3.63, 3.8) is 0 Å². The average Bonchev–Trinajstić information content (AvgIpc) is 2.96. The first-order chi connectivity index (χ1) is 18.5. The van der Waals surface area contributed by atoms with Crippen molar-refractivity contribution >= 4 is 41.2 Å². The molecule has 4 aromatic carbocycles. The van der Waals surface area contributed by atoms with Gasteiger partial charge >= 0.3 is 5.97 Å². The van der Waals surface area contributed by atoms with Crippen LogP contribution < -0.4 is 10.6 Å². The molecular formula is C31H30N2O4S. The van der Waals surface area contributed by atoms with Gasteiger partial charge in [-0.15, -0.1) is 0 Å². The molecule has 0 aliphatic rings. The molecule has 38 heavy (non-hydrogen) atoms. The molecule has 4 rings (SSSR count). The van der Waals surface area contributed by atoms with E-state index in [1.165, 1.54) is 0 Å². The Kier molecular flexibility index (Phi) is 9.54. The molecule has 0 unspecified atom stereocenters. The van der Waals surface area contributed by atoms with E-state index in [-0.39, 0.29) is 18.9 Å². The minimum atomic E-state index is -0.902. The van der Waals surface area contributed by atoms with Gasteiger partial charge in [0.1, 0.15) is 18.7 Å². The number of ether oxygens (including phenoxy) is 1. The lowest BCUT2D eigenvalue weighted by Crippen LogP contribution is -2.52. The van der Waals surface area contributed by atoms with Crippen molar-refractivity contribution in [3.8, 4) is 0 Å². The number of carbonyl (C=O) groups excluding carboxylic acids is 3. The van der Waals surface area contributed by atoms with Crippen LogP contribution in [-0.4, -0.2) is 35.6 Å². The molecule has 0 spiro atoms. The van der Waals surface area contributed by atoms with Crippen molar-refractivity contribution in [2.75, 3.05) is 5.75 Å². The van der Waals surface area contributed by atoms with Crippen LogP contribution in [0.3, 0.4) is 0 Å². The third-order valence-corrected chi connectivity index (χ3v) is 6.42. The Balaban J connectivity index is 1.48. The van der Waals surface area contributed by atoms with E-state index in [1.807, 2.05) is 91.0 Å². The van der Waals surface area contributed by atoms with Gasteiger partial charge in [-0.3, -0.25) is 9.59 Å². The predicted molar refractivity (Wildman–Crippen MR) is 152 cm³/mol. The first-order valence-corrected chi connectivity index (χ1v) is 13.1. The second kappa shape index (κ2) is 13.4.